The van der Waals surface area contributed by atoms with E-state index in [-0.39, 0.29) is 11.6 Å². The number of likely N-dealkylation sites (tertiary alicyclic amines) is 1. The summed E-state index contributed by atoms with van der Waals surface area (Å²) in [7, 11) is 0. The van der Waals surface area contributed by atoms with Gasteiger partial charge in [0.2, 0.25) is 0 Å². The van der Waals surface area contributed by atoms with Crippen LogP contribution < -0.4 is 5.56 Å². The smallest absolute Gasteiger partial charge is 0.258 e. The average molecular weight is 336 g/mol. The maximum absolute atomic E-state index is 12.4. The van der Waals surface area contributed by atoms with Crippen LogP contribution in [0.3, 0.4) is 0 Å². The molecule has 5 rings (SSSR count). The molecule has 1 aliphatic carbocycles. The van der Waals surface area contributed by atoms with Crippen molar-refractivity contribution in [3.8, 4) is 0 Å². The standard InChI is InChI=1S/C18H20N6O/c25-18-13-4-1-2-5-14(13)20-17(21-18)15-6-3-9-23(15)10-16-22-19-11-24(16)12-7-8-12/h1-2,4-5,11-12,15H,3,6-10H2,(H,20,21,25). The maximum atomic E-state index is 12.4. The molecule has 128 valence electrons. The molecular weight excluding hydrogens is 316 g/mol. The van der Waals surface area contributed by atoms with Crippen molar-refractivity contribution in [2.24, 2.45) is 0 Å². The third-order valence-electron chi connectivity index (χ3n) is 5.24. The van der Waals surface area contributed by atoms with Crippen LogP contribution in [0.2, 0.25) is 0 Å². The van der Waals surface area contributed by atoms with Gasteiger partial charge in [-0.2, -0.15) is 0 Å². The van der Waals surface area contributed by atoms with E-state index in [0.717, 1.165) is 43.1 Å². The number of hydrogen-bond donors (Lipinski definition) is 1. The highest BCUT2D eigenvalue weighted by Crippen LogP contribution is 2.36. The van der Waals surface area contributed by atoms with Crippen LogP contribution in [-0.4, -0.2) is 36.2 Å². The van der Waals surface area contributed by atoms with E-state index < -0.39 is 0 Å². The van der Waals surface area contributed by atoms with Crippen molar-refractivity contribution in [3.05, 3.63) is 52.6 Å². The third-order valence-corrected chi connectivity index (χ3v) is 5.24. The van der Waals surface area contributed by atoms with Gasteiger partial charge >= 0.3 is 0 Å². The highest BCUT2D eigenvalue weighted by Gasteiger charge is 2.31. The van der Waals surface area contributed by atoms with Crippen LogP contribution in [0.25, 0.3) is 10.9 Å². The Bertz CT molecular complexity index is 973. The molecule has 1 saturated heterocycles. The first-order chi connectivity index (χ1) is 12.3. The van der Waals surface area contributed by atoms with Crippen molar-refractivity contribution < 1.29 is 0 Å². The molecule has 2 aromatic heterocycles. The lowest BCUT2D eigenvalue weighted by molar-refractivity contribution is 0.230. The van der Waals surface area contributed by atoms with Crippen LogP contribution in [0.1, 0.15) is 49.4 Å². The number of nitrogens with zero attached hydrogens (tertiary/aromatic N) is 5. The first-order valence-electron chi connectivity index (χ1n) is 8.91. The van der Waals surface area contributed by atoms with Crippen LogP contribution >= 0.6 is 0 Å². The molecule has 0 spiro atoms. The van der Waals surface area contributed by atoms with E-state index in [2.05, 4.69) is 24.6 Å². The number of aromatic amines is 1. The molecular formula is C18H20N6O. The molecule has 1 unspecified atom stereocenters. The summed E-state index contributed by atoms with van der Waals surface area (Å²) in [6.45, 7) is 1.73. The zero-order valence-electron chi connectivity index (χ0n) is 13.9. The number of aromatic nitrogens is 5. The summed E-state index contributed by atoms with van der Waals surface area (Å²) in [5.41, 5.74) is 0.697. The second-order valence-corrected chi connectivity index (χ2v) is 6.98. The molecule has 1 N–H and O–H groups in total. The number of fused-ring (bicyclic) bond motifs is 1. The molecule has 1 saturated carbocycles. The Labute approximate surface area is 144 Å². The molecule has 3 heterocycles. The molecule has 0 amide bonds. The van der Waals surface area contributed by atoms with E-state index in [0.29, 0.717) is 11.4 Å². The average Bonchev–Trinajstić information content (AvgIpc) is 3.18. The van der Waals surface area contributed by atoms with Crippen LogP contribution in [0.4, 0.5) is 0 Å². The quantitative estimate of drug-likeness (QED) is 0.790. The Hall–Kier alpha value is -2.54. The lowest BCUT2D eigenvalue weighted by Crippen LogP contribution is -2.27. The normalized spacial score (nSPS) is 21.2. The van der Waals surface area contributed by atoms with Crippen LogP contribution in [0.5, 0.6) is 0 Å². The van der Waals surface area contributed by atoms with Gasteiger partial charge in [0.1, 0.15) is 18.0 Å². The predicted molar refractivity (Wildman–Crippen MR) is 93.0 cm³/mol. The Kier molecular flexibility index (Phi) is 3.41. The summed E-state index contributed by atoms with van der Waals surface area (Å²) in [6.07, 6.45) is 6.37. The molecule has 0 radical (unpaired) electrons. The van der Waals surface area contributed by atoms with Gasteiger partial charge in [0.05, 0.1) is 23.5 Å². The molecule has 1 atom stereocenters. The van der Waals surface area contributed by atoms with Crippen LogP contribution in [0, 0.1) is 0 Å². The maximum Gasteiger partial charge on any atom is 0.258 e. The van der Waals surface area contributed by atoms with Crippen molar-refractivity contribution in [3.63, 3.8) is 0 Å². The first kappa shape index (κ1) is 14.8. The number of para-hydroxylation sites is 1. The summed E-state index contributed by atoms with van der Waals surface area (Å²) in [5.74, 6) is 1.77. The van der Waals surface area contributed by atoms with Gasteiger partial charge in [-0.3, -0.25) is 9.69 Å². The number of benzene rings is 1. The second kappa shape index (κ2) is 5.77. The molecule has 3 aromatic rings. The number of nitrogens with one attached hydrogen (secondary N) is 1. The highest BCUT2D eigenvalue weighted by molar-refractivity contribution is 5.77. The fourth-order valence-electron chi connectivity index (χ4n) is 3.81. The molecule has 2 fully saturated rings. The van der Waals surface area contributed by atoms with E-state index >= 15 is 0 Å². The van der Waals surface area contributed by atoms with Gasteiger partial charge in [-0.1, -0.05) is 12.1 Å². The van der Waals surface area contributed by atoms with Gasteiger partial charge in [0.25, 0.3) is 5.56 Å². The Morgan fingerprint density at radius 3 is 2.96 bits per heavy atom. The van der Waals surface area contributed by atoms with E-state index in [1.165, 1.54) is 12.8 Å². The van der Waals surface area contributed by atoms with E-state index in [1.807, 2.05) is 30.6 Å². The van der Waals surface area contributed by atoms with Crippen molar-refractivity contribution in [1.29, 1.82) is 0 Å². The Morgan fingerprint density at radius 1 is 1.20 bits per heavy atom. The minimum absolute atomic E-state index is 0.0615. The number of hydrogen-bond acceptors (Lipinski definition) is 5. The Balaban J connectivity index is 1.46. The summed E-state index contributed by atoms with van der Waals surface area (Å²) in [5, 5.41) is 9.05. The van der Waals surface area contributed by atoms with Gasteiger partial charge in [-0.15, -0.1) is 10.2 Å². The van der Waals surface area contributed by atoms with Gasteiger partial charge < -0.3 is 9.55 Å². The summed E-state index contributed by atoms with van der Waals surface area (Å²) >= 11 is 0. The van der Waals surface area contributed by atoms with Gasteiger partial charge in [0.15, 0.2) is 0 Å². The highest BCUT2D eigenvalue weighted by atomic mass is 16.1. The predicted octanol–water partition coefficient (Wildman–Crippen LogP) is 2.19. The summed E-state index contributed by atoms with van der Waals surface area (Å²) in [4.78, 5) is 22.5. The Morgan fingerprint density at radius 2 is 2.08 bits per heavy atom. The lowest BCUT2D eigenvalue weighted by atomic mass is 10.2. The zero-order chi connectivity index (χ0) is 16.8. The monoisotopic (exact) mass is 336 g/mol. The third kappa shape index (κ3) is 2.64. The largest absolute Gasteiger partial charge is 0.313 e. The van der Waals surface area contributed by atoms with Gasteiger partial charge in [-0.05, 0) is 44.4 Å². The van der Waals surface area contributed by atoms with E-state index in [9.17, 15) is 4.79 Å². The van der Waals surface area contributed by atoms with Crippen molar-refractivity contribution in [1.82, 2.24) is 29.6 Å². The number of rotatable bonds is 4. The van der Waals surface area contributed by atoms with Crippen molar-refractivity contribution in [2.45, 2.75) is 44.3 Å². The summed E-state index contributed by atoms with van der Waals surface area (Å²) in [6, 6.07) is 8.20. The molecule has 0 bridgehead atoms. The minimum atomic E-state index is -0.0615. The van der Waals surface area contributed by atoms with Gasteiger partial charge in [-0.25, -0.2) is 4.98 Å². The van der Waals surface area contributed by atoms with Crippen LogP contribution in [0.15, 0.2) is 35.4 Å². The molecule has 25 heavy (non-hydrogen) atoms. The van der Waals surface area contributed by atoms with Crippen LogP contribution in [-0.2, 0) is 6.54 Å². The summed E-state index contributed by atoms with van der Waals surface area (Å²) < 4.78 is 2.20. The SMILES string of the molecule is O=c1[nH]c(C2CCCN2Cc2nncn2C2CC2)nc2ccccc12. The molecule has 1 aliphatic heterocycles. The molecule has 1 aromatic carbocycles. The zero-order valence-corrected chi connectivity index (χ0v) is 13.9. The van der Waals surface area contributed by atoms with Gasteiger partial charge in [0, 0.05) is 6.04 Å². The van der Waals surface area contributed by atoms with Crippen molar-refractivity contribution >= 4 is 10.9 Å². The molecule has 7 heteroatoms. The number of H-pyrrole nitrogens is 1. The van der Waals surface area contributed by atoms with Crippen molar-refractivity contribution in [2.75, 3.05) is 6.54 Å². The van der Waals surface area contributed by atoms with E-state index in [4.69, 9.17) is 4.98 Å². The lowest BCUT2D eigenvalue weighted by Gasteiger charge is -2.23. The minimum Gasteiger partial charge on any atom is -0.313 e. The first-order valence-corrected chi connectivity index (χ1v) is 8.91. The van der Waals surface area contributed by atoms with E-state index in [1.54, 1.807) is 0 Å². The fraction of sp³-hybridized carbons (Fsp3) is 0.444. The second-order valence-electron chi connectivity index (χ2n) is 6.98. The molecule has 7 nitrogen and oxygen atoms in total. The fourth-order valence-corrected chi connectivity index (χ4v) is 3.81. The topological polar surface area (TPSA) is 79.7 Å². The molecule has 2 aliphatic rings.